The molecule has 13 fully saturated rings. The van der Waals surface area contributed by atoms with Gasteiger partial charge in [-0.15, -0.1) is 0 Å². The third-order valence-corrected chi connectivity index (χ3v) is 28.9. The smallest absolute Gasteiger partial charge is 0.335 e. The lowest BCUT2D eigenvalue weighted by Crippen LogP contribution is -2.81. The largest absolute Gasteiger partial charge is 0.507 e. The second-order valence-electron chi connectivity index (χ2n) is 32.6. The highest BCUT2D eigenvalue weighted by atomic mass is 16.7. The summed E-state index contributed by atoms with van der Waals surface area (Å²) in [5.41, 5.74) is 10.7. The normalized spacial score (nSPS) is 46.1. The zero-order valence-corrected chi connectivity index (χ0v) is 50.2. The molecule has 0 aromatic heterocycles. The molecule has 2 aromatic rings. The van der Waals surface area contributed by atoms with Gasteiger partial charge in [0.1, 0.15) is 41.2 Å². The van der Waals surface area contributed by atoms with E-state index >= 15 is 0 Å². The number of Topliss-reactive ketones (excluding diaryl/α,β-unsaturated/α-hetero) is 1. The molecule has 9 spiro atoms. The van der Waals surface area contributed by atoms with Gasteiger partial charge < -0.3 is 54.7 Å². The summed E-state index contributed by atoms with van der Waals surface area (Å²) in [6, 6.07) is 2.64. The van der Waals surface area contributed by atoms with E-state index in [9.17, 15) is 45.3 Å². The van der Waals surface area contributed by atoms with E-state index in [1.54, 1.807) is 0 Å². The van der Waals surface area contributed by atoms with E-state index in [1.165, 1.54) is 158 Å². The van der Waals surface area contributed by atoms with Gasteiger partial charge in [-0.25, -0.2) is 4.79 Å². The molecule has 4 bridgehead atoms. The van der Waals surface area contributed by atoms with Crippen LogP contribution in [0, 0.1) is 68.0 Å². The molecule has 9 N–H and O–H groups in total. The monoisotopic (exact) mass is 1170 g/mol. The highest BCUT2D eigenvalue weighted by Gasteiger charge is 2.80. The molecule has 0 radical (unpaired) electrons. The van der Waals surface area contributed by atoms with Crippen molar-refractivity contribution in [3.63, 3.8) is 0 Å². The van der Waals surface area contributed by atoms with Crippen molar-refractivity contribution in [2.75, 3.05) is 19.8 Å². The van der Waals surface area contributed by atoms with Crippen LogP contribution in [0.3, 0.4) is 0 Å². The molecule has 9 saturated carbocycles. The summed E-state index contributed by atoms with van der Waals surface area (Å²) < 4.78 is 28.7. The number of hydrogen-bond acceptors (Lipinski definition) is 14. The number of allylic oxidation sites excluding steroid dienone is 1. The maximum atomic E-state index is 13.6. The number of aliphatic hydroxyl groups is 4. The molecule has 0 amide bonds. The van der Waals surface area contributed by atoms with Crippen LogP contribution >= 0.6 is 0 Å². The SMILES string of the molecule is CC(=O)c1c(C)c(O)c2cc(C(=O)O)cc(O[C@@H]3O[C@@H]4[C@H](O)C5(CCCC5)C[C@H]5O[C@@]4(C[C@@H]4C6=C5CC=C6[C@]5(CCCO)COC[C@H]6C[C@@]78C[C@]4(NN[C@@H]7C[C@@]4(C[C@]7(CCC9(CCCC9)C7)C[C@@]47CCC4(CCCC4)C7)C8)[C@H]65)[C@H](O)[C@H]3O)c2c1O. The van der Waals surface area contributed by atoms with Gasteiger partial charge in [0.2, 0.25) is 6.29 Å². The number of phenols is 2. The molecule has 17 rings (SSSR count). The summed E-state index contributed by atoms with van der Waals surface area (Å²) >= 11 is 0. The highest BCUT2D eigenvalue weighted by Crippen LogP contribution is 2.84. The van der Waals surface area contributed by atoms with Crippen molar-refractivity contribution < 1.29 is 64.3 Å². The number of carbonyl (C=O) groups is 2. The first-order valence-electron chi connectivity index (χ1n) is 33.7. The lowest BCUT2D eigenvalue weighted by atomic mass is 9.38. The number of carboxylic acids is 1. The summed E-state index contributed by atoms with van der Waals surface area (Å²) in [5.74, 6) is -3.06. The van der Waals surface area contributed by atoms with E-state index in [1.807, 2.05) is 0 Å². The number of phenolic OH excluding ortho intramolecular Hbond substituents is 2. The molecule has 2 aromatic carbocycles. The third kappa shape index (κ3) is 7.17. The number of aromatic carboxylic acids is 1. The van der Waals surface area contributed by atoms with Gasteiger partial charge in [0.15, 0.2) is 5.78 Å². The van der Waals surface area contributed by atoms with Crippen molar-refractivity contribution in [3.8, 4) is 17.2 Å². The number of hydrogen-bond donors (Lipinski definition) is 9. The molecule has 4 saturated heterocycles. The van der Waals surface area contributed by atoms with Crippen LogP contribution in [-0.4, -0.2) is 121 Å². The van der Waals surface area contributed by atoms with E-state index in [2.05, 4.69) is 16.9 Å². The average Bonchev–Trinajstić information content (AvgIpc) is 1.60. The lowest BCUT2D eigenvalue weighted by Gasteiger charge is -2.72. The maximum absolute atomic E-state index is 13.6. The Morgan fingerprint density at radius 1 is 0.765 bits per heavy atom. The van der Waals surface area contributed by atoms with E-state index in [0.717, 1.165) is 32.1 Å². The fourth-order valence-corrected chi connectivity index (χ4v) is 26.4. The number of aromatic hydroxyl groups is 2. The number of rotatable bonds is 7. The predicted molar refractivity (Wildman–Crippen MR) is 314 cm³/mol. The van der Waals surface area contributed by atoms with Crippen LogP contribution in [0.15, 0.2) is 34.9 Å². The topological polar surface area (TPSA) is 237 Å². The van der Waals surface area contributed by atoms with Crippen LogP contribution in [0.1, 0.15) is 219 Å². The number of benzene rings is 2. The fraction of sp³-hybridized carbons (Fsp3) is 0.771. The zero-order valence-electron chi connectivity index (χ0n) is 50.2. The first-order chi connectivity index (χ1) is 40.8. The summed E-state index contributed by atoms with van der Waals surface area (Å²) in [5, 5.41) is 84.6. The van der Waals surface area contributed by atoms with Crippen molar-refractivity contribution in [3.05, 3.63) is 51.6 Å². The number of ether oxygens (including phenoxy) is 4. The molecular formula is C70H92N2O13. The Labute approximate surface area is 499 Å². The molecule has 10 aliphatic carbocycles. The van der Waals surface area contributed by atoms with Crippen molar-refractivity contribution in [2.24, 2.45) is 61.1 Å². The molecule has 15 heteroatoms. The molecule has 460 valence electrons. The number of carboxylic acid groups (broad SMARTS) is 1. The second kappa shape index (κ2) is 18.3. The minimum Gasteiger partial charge on any atom is -0.507 e. The first-order valence-corrected chi connectivity index (χ1v) is 33.7. The standard InChI is InChI=1S/C70H92N2O13/c1-38-49(39(2)74)53(76)51-43(52(38)75)24-40(59(80)81)25-46(51)83-60-54(77)56(78)70-27-45-50-42(47(85-70)28-64(16-7-8-17-64)57(79)58(70)84-60)10-11-44(50)68(18-9-23-73)37-82-30-41-26-65-35-67(29-48(65)71-72-69(45,36-65)55(41)68)34-63(20-19-61(31-63)12-3-4-13-61)33-66(67)22-21-62(32-66)14-5-6-15-62/h11,24-25,41,45,47-48,54-58,60,71-73,75-79H,3-10,12-23,26-37H2,1-2H3,(H,80,81)/t41-,45-,47-,48-,54-,55-,56-,57+,58-,60-,63+,65-,66+,67-,68+,69-,70+/m1/s1. The Morgan fingerprint density at radius 2 is 1.47 bits per heavy atom. The quantitative estimate of drug-likeness (QED) is 0.0926. The predicted octanol–water partition coefficient (Wildman–Crippen LogP) is 10.4. The molecule has 15 nitrogen and oxygen atoms in total. The van der Waals surface area contributed by atoms with Crippen molar-refractivity contribution in [2.45, 2.75) is 254 Å². The Kier molecular flexibility index (Phi) is 11.9. The molecule has 17 atom stereocenters. The minimum absolute atomic E-state index is 0.0538. The van der Waals surface area contributed by atoms with Crippen LogP contribution in [0.5, 0.6) is 17.2 Å². The summed E-state index contributed by atoms with van der Waals surface area (Å²) in [6.45, 7) is 4.04. The van der Waals surface area contributed by atoms with E-state index in [4.69, 9.17) is 18.9 Å². The number of carbonyl (C=O) groups excluding carboxylic acids is 1. The molecule has 5 heterocycles. The lowest BCUT2D eigenvalue weighted by molar-refractivity contribution is -0.340. The highest BCUT2D eigenvalue weighted by molar-refractivity contribution is 6.11. The van der Waals surface area contributed by atoms with E-state index in [-0.39, 0.29) is 80.9 Å². The van der Waals surface area contributed by atoms with Crippen LogP contribution in [0.4, 0.5) is 0 Å². The first kappa shape index (κ1) is 55.4. The number of fused-ring (bicyclic) bond motifs is 5. The van der Waals surface area contributed by atoms with Gasteiger partial charge in [0.05, 0.1) is 35.3 Å². The Hall–Kier alpha value is -3.64. The Balaban J connectivity index is 0.802. The summed E-state index contributed by atoms with van der Waals surface area (Å²) in [4.78, 5) is 25.9. The van der Waals surface area contributed by atoms with Crippen LogP contribution in [0.25, 0.3) is 10.8 Å². The summed E-state index contributed by atoms with van der Waals surface area (Å²) in [6.07, 6.45) is 27.1. The minimum atomic E-state index is -1.82. The Bertz CT molecular complexity index is 3270. The van der Waals surface area contributed by atoms with Crippen LogP contribution < -0.4 is 15.6 Å². The van der Waals surface area contributed by atoms with Crippen LogP contribution in [-0.2, 0) is 14.2 Å². The number of nitrogens with one attached hydrogen (secondary N) is 2. The average molecular weight is 1170 g/mol. The molecule has 5 aliphatic heterocycles. The van der Waals surface area contributed by atoms with Gasteiger partial charge in [-0.3, -0.25) is 15.6 Å². The molecule has 15 aliphatic rings. The second-order valence-corrected chi connectivity index (χ2v) is 32.6. The van der Waals surface area contributed by atoms with Crippen molar-refractivity contribution >= 4 is 22.5 Å². The number of aliphatic hydroxyl groups excluding tert-OH is 4. The van der Waals surface area contributed by atoms with Gasteiger partial charge >= 0.3 is 5.97 Å². The van der Waals surface area contributed by atoms with Gasteiger partial charge in [-0.05, 0) is 235 Å². The van der Waals surface area contributed by atoms with E-state index < -0.39 is 82.0 Å². The van der Waals surface area contributed by atoms with Gasteiger partial charge in [0, 0.05) is 52.5 Å². The van der Waals surface area contributed by atoms with Gasteiger partial charge in [-0.2, -0.15) is 0 Å². The van der Waals surface area contributed by atoms with Crippen molar-refractivity contribution in [1.82, 2.24) is 10.9 Å². The van der Waals surface area contributed by atoms with Gasteiger partial charge in [-0.1, -0.05) is 44.6 Å². The molecular weight excluding hydrogens is 1080 g/mol. The maximum Gasteiger partial charge on any atom is 0.335 e. The van der Waals surface area contributed by atoms with Crippen LogP contribution in [0.2, 0.25) is 0 Å². The molecule has 85 heavy (non-hydrogen) atoms. The third-order valence-electron chi connectivity index (χ3n) is 28.9. The van der Waals surface area contributed by atoms with Gasteiger partial charge in [0.25, 0.3) is 0 Å². The van der Waals surface area contributed by atoms with E-state index in [0.29, 0.717) is 67.0 Å². The molecule has 0 unspecified atom stereocenters. The van der Waals surface area contributed by atoms with Crippen molar-refractivity contribution in [1.29, 1.82) is 0 Å². The fourth-order valence-electron chi connectivity index (χ4n) is 26.4. The zero-order chi connectivity index (χ0) is 58.3. The number of hydrazine groups is 1. The summed E-state index contributed by atoms with van der Waals surface area (Å²) in [7, 11) is 0. The Morgan fingerprint density at radius 3 is 2.21 bits per heavy atom. The number of ketones is 1.